The van der Waals surface area contributed by atoms with Crippen LogP contribution >= 0.6 is 0 Å². The molecule has 1 aliphatic rings. The molecule has 2 aromatic rings. The van der Waals surface area contributed by atoms with E-state index in [1.807, 2.05) is 32.1 Å². The van der Waals surface area contributed by atoms with E-state index in [0.717, 1.165) is 29.4 Å². The highest BCUT2D eigenvalue weighted by Gasteiger charge is 2.29. The first-order valence-electron chi connectivity index (χ1n) is 7.77. The summed E-state index contributed by atoms with van der Waals surface area (Å²) in [6.07, 6.45) is 5.66. The van der Waals surface area contributed by atoms with Crippen molar-refractivity contribution in [2.75, 3.05) is 0 Å². The second-order valence-electron chi connectivity index (χ2n) is 4.88. The van der Waals surface area contributed by atoms with Crippen LogP contribution in [0.25, 0.3) is 16.6 Å². The van der Waals surface area contributed by atoms with E-state index in [9.17, 15) is 5.02 Å². The molecule has 0 spiro atoms. The molecule has 4 nitrogen and oxygen atoms in total. The highest BCUT2D eigenvalue weighted by atomic mass is 16.5. The van der Waals surface area contributed by atoms with E-state index < -0.39 is 7.12 Å². The summed E-state index contributed by atoms with van der Waals surface area (Å²) in [5, 5.41) is 10.9. The van der Waals surface area contributed by atoms with Gasteiger partial charge in [-0.2, -0.15) is 0 Å². The first kappa shape index (κ1) is 15.6. The number of nitrogens with one attached hydrogen (secondary N) is 1. The number of H-pyrrole nitrogens is 1. The highest BCUT2D eigenvalue weighted by Crippen LogP contribution is 2.40. The van der Waals surface area contributed by atoms with Crippen molar-refractivity contribution >= 4 is 23.7 Å². The fourth-order valence-electron chi connectivity index (χ4n) is 2.85. The van der Waals surface area contributed by atoms with Crippen LogP contribution in [0.4, 0.5) is 0 Å². The van der Waals surface area contributed by atoms with E-state index >= 15 is 0 Å². The molecule has 0 saturated heterocycles. The number of nitrogens with zero attached hydrogens (tertiary/aromatic N) is 1. The number of hydrogen-bond donors (Lipinski definition) is 2. The summed E-state index contributed by atoms with van der Waals surface area (Å²) in [6, 6.07) is 2.01. The van der Waals surface area contributed by atoms with Crippen LogP contribution in [0.2, 0.25) is 0 Å². The Kier molecular flexibility index (Phi) is 5.07. The minimum atomic E-state index is -0.874. The van der Waals surface area contributed by atoms with Gasteiger partial charge in [0.15, 0.2) is 0 Å². The van der Waals surface area contributed by atoms with Gasteiger partial charge in [0, 0.05) is 17.1 Å². The molecule has 0 unspecified atom stereocenters. The van der Waals surface area contributed by atoms with Gasteiger partial charge in [-0.3, -0.25) is 0 Å². The first-order valence-corrected chi connectivity index (χ1v) is 7.77. The number of rotatable bonds is 3. The maximum absolute atomic E-state index is 9.85. The molecular weight excluding hydrogens is 263 g/mol. The zero-order valence-corrected chi connectivity index (χ0v) is 13.2. The van der Waals surface area contributed by atoms with Gasteiger partial charge in [0.05, 0.1) is 6.20 Å². The van der Waals surface area contributed by atoms with Crippen molar-refractivity contribution in [3.8, 4) is 5.75 Å². The first-order chi connectivity index (χ1) is 10.2. The van der Waals surface area contributed by atoms with E-state index in [2.05, 4.69) is 23.8 Å². The minimum Gasteiger partial charge on any atom is -0.531 e. The van der Waals surface area contributed by atoms with Gasteiger partial charge in [-0.05, 0) is 36.4 Å². The number of allylic oxidation sites excluding steroid dienone is 1. The third-order valence-electron chi connectivity index (χ3n) is 3.84. The summed E-state index contributed by atoms with van der Waals surface area (Å²) in [7, 11) is -0.874. The zero-order valence-electron chi connectivity index (χ0n) is 13.2. The maximum atomic E-state index is 9.85. The Morgan fingerprint density at radius 1 is 1.33 bits per heavy atom. The summed E-state index contributed by atoms with van der Waals surface area (Å²) in [5.74, 6) is 2.92. The smallest absolute Gasteiger partial charge is 0.531 e. The average Bonchev–Trinajstić information content (AvgIpc) is 2.98. The van der Waals surface area contributed by atoms with Crippen LogP contribution in [0, 0.1) is 5.92 Å². The van der Waals surface area contributed by atoms with Crippen LogP contribution in [0.3, 0.4) is 0 Å². The predicted octanol–water partition coefficient (Wildman–Crippen LogP) is 3.82. The fourth-order valence-corrected chi connectivity index (χ4v) is 2.85. The summed E-state index contributed by atoms with van der Waals surface area (Å²) >= 11 is 0. The van der Waals surface area contributed by atoms with Gasteiger partial charge in [-0.25, -0.2) is 4.98 Å². The minimum absolute atomic E-state index is 0.429. The lowest BCUT2D eigenvalue weighted by atomic mass is 9.75. The van der Waals surface area contributed by atoms with E-state index in [4.69, 9.17) is 4.65 Å². The molecule has 0 radical (unpaired) electrons. The molecule has 0 amide bonds. The Hall–Kier alpha value is -1.75. The molecule has 3 heterocycles. The van der Waals surface area contributed by atoms with Crippen LogP contribution in [0.5, 0.6) is 5.75 Å². The summed E-state index contributed by atoms with van der Waals surface area (Å²) in [5.41, 5.74) is 3.10. The zero-order chi connectivity index (χ0) is 15.4. The molecular formula is C16H23BN2O2. The van der Waals surface area contributed by atoms with Gasteiger partial charge in [0.2, 0.25) is 0 Å². The largest absolute Gasteiger partial charge is 0.552 e. The van der Waals surface area contributed by atoms with Crippen LogP contribution in [-0.2, 0) is 0 Å². The van der Waals surface area contributed by atoms with Gasteiger partial charge >= 0.3 is 7.12 Å². The van der Waals surface area contributed by atoms with Gasteiger partial charge < -0.3 is 14.7 Å². The number of aromatic amines is 1. The lowest BCUT2D eigenvalue weighted by molar-refractivity contribution is 0.425. The van der Waals surface area contributed by atoms with Crippen LogP contribution in [0.1, 0.15) is 46.1 Å². The van der Waals surface area contributed by atoms with Crippen LogP contribution in [0.15, 0.2) is 24.4 Å². The van der Waals surface area contributed by atoms with Crippen molar-refractivity contribution in [1.82, 2.24) is 9.97 Å². The Morgan fingerprint density at radius 2 is 2.05 bits per heavy atom. The highest BCUT2D eigenvalue weighted by molar-refractivity contribution is 6.52. The van der Waals surface area contributed by atoms with Crippen LogP contribution in [-0.4, -0.2) is 22.1 Å². The van der Waals surface area contributed by atoms with E-state index in [1.165, 1.54) is 5.57 Å². The molecule has 0 bridgehead atoms. The SMILES string of the molecule is CC.CCC(CC)C1=CB(O)Oc2cnc3[nH]ccc3c21. The van der Waals surface area contributed by atoms with Gasteiger partial charge in [-0.15, -0.1) is 0 Å². The van der Waals surface area contributed by atoms with Gasteiger partial charge in [-0.1, -0.05) is 27.7 Å². The third kappa shape index (κ3) is 2.83. The number of hydrogen-bond acceptors (Lipinski definition) is 3. The normalized spacial score (nSPS) is 13.4. The second-order valence-corrected chi connectivity index (χ2v) is 4.88. The van der Waals surface area contributed by atoms with Crippen LogP contribution < -0.4 is 4.65 Å². The molecule has 2 aromatic heterocycles. The standard InChI is InChI=1S/C14H17BN2O2.C2H6/c1-3-9(4-2)11-7-15(18)19-12-8-17-14-10(13(11)12)5-6-16-14;1-2/h5-9,18H,3-4H2,1-2H3,(H,16,17);1-2H3. The molecule has 2 N–H and O–H groups in total. The Bertz CT molecular complexity index is 632. The van der Waals surface area contributed by atoms with E-state index in [0.29, 0.717) is 11.7 Å². The Balaban J connectivity index is 0.000000774. The topological polar surface area (TPSA) is 58.1 Å². The van der Waals surface area contributed by atoms with Crippen molar-refractivity contribution in [2.45, 2.75) is 40.5 Å². The summed E-state index contributed by atoms with van der Waals surface area (Å²) < 4.78 is 5.48. The van der Waals surface area contributed by atoms with Crippen molar-refractivity contribution in [3.63, 3.8) is 0 Å². The molecule has 1 aliphatic heterocycles. The Morgan fingerprint density at radius 3 is 2.71 bits per heavy atom. The molecule has 0 fully saturated rings. The van der Waals surface area contributed by atoms with Crippen molar-refractivity contribution in [1.29, 1.82) is 0 Å². The van der Waals surface area contributed by atoms with Crippen molar-refractivity contribution in [3.05, 3.63) is 30.0 Å². The summed E-state index contributed by atoms with van der Waals surface area (Å²) in [4.78, 5) is 7.44. The predicted molar refractivity (Wildman–Crippen MR) is 88.1 cm³/mol. The Labute approximate surface area is 126 Å². The summed E-state index contributed by atoms with van der Waals surface area (Å²) in [6.45, 7) is 8.35. The molecule has 112 valence electrons. The second kappa shape index (κ2) is 6.81. The molecule has 0 aliphatic carbocycles. The lowest BCUT2D eigenvalue weighted by Gasteiger charge is -2.25. The average molecular weight is 286 g/mol. The van der Waals surface area contributed by atoms with E-state index in [1.54, 1.807) is 6.20 Å². The number of fused-ring (bicyclic) bond motifs is 3. The molecule has 0 saturated carbocycles. The lowest BCUT2D eigenvalue weighted by Crippen LogP contribution is -2.25. The number of aromatic nitrogens is 2. The third-order valence-corrected chi connectivity index (χ3v) is 3.84. The molecule has 0 aromatic carbocycles. The fraction of sp³-hybridized carbons (Fsp3) is 0.438. The molecule has 0 atom stereocenters. The monoisotopic (exact) mass is 286 g/mol. The molecule has 5 heteroatoms. The molecule has 3 rings (SSSR count). The van der Waals surface area contributed by atoms with Crippen molar-refractivity contribution < 1.29 is 9.68 Å². The van der Waals surface area contributed by atoms with Crippen molar-refractivity contribution in [2.24, 2.45) is 5.92 Å². The maximum Gasteiger partial charge on any atom is 0.552 e. The van der Waals surface area contributed by atoms with E-state index in [-0.39, 0.29) is 0 Å². The number of pyridine rings is 1. The molecule has 21 heavy (non-hydrogen) atoms. The van der Waals surface area contributed by atoms with Gasteiger partial charge in [0.1, 0.15) is 11.4 Å². The quantitative estimate of drug-likeness (QED) is 0.843. The van der Waals surface area contributed by atoms with Gasteiger partial charge in [0.25, 0.3) is 0 Å².